The molecule has 0 unspecified atom stereocenters. The summed E-state index contributed by atoms with van der Waals surface area (Å²) in [6.45, 7) is 3.42. The molecule has 1 aromatic carbocycles. The number of nitrogens with zero attached hydrogens (tertiary/aromatic N) is 3. The zero-order valence-electron chi connectivity index (χ0n) is 14.4. The van der Waals surface area contributed by atoms with E-state index in [-0.39, 0.29) is 10.7 Å². The summed E-state index contributed by atoms with van der Waals surface area (Å²) < 4.78 is 34.8. The van der Waals surface area contributed by atoms with Gasteiger partial charge in [-0.15, -0.1) is 0 Å². The molecule has 0 spiro atoms. The Balaban J connectivity index is 2.02. The van der Waals surface area contributed by atoms with Gasteiger partial charge in [0.25, 0.3) is 10.0 Å². The smallest absolute Gasteiger partial charge is 0.266 e. The Hall–Kier alpha value is -2.58. The summed E-state index contributed by atoms with van der Waals surface area (Å²) in [5.41, 5.74) is 1.68. The van der Waals surface area contributed by atoms with E-state index in [1.54, 1.807) is 50.2 Å². The second-order valence-electron chi connectivity index (χ2n) is 5.57. The Morgan fingerprint density at radius 1 is 1.15 bits per heavy atom. The monoisotopic (exact) mass is 392 g/mol. The van der Waals surface area contributed by atoms with E-state index in [0.29, 0.717) is 27.8 Å². The number of hydrogen-bond acceptors (Lipinski definition) is 5. The minimum atomic E-state index is -3.91. The van der Waals surface area contributed by atoms with E-state index in [1.165, 1.54) is 18.0 Å². The second-order valence-corrected chi connectivity index (χ2v) is 7.62. The summed E-state index contributed by atoms with van der Waals surface area (Å²) >= 11 is 6.19. The summed E-state index contributed by atoms with van der Waals surface area (Å²) in [6, 6.07) is 10.5. The molecule has 0 fully saturated rings. The van der Waals surface area contributed by atoms with Crippen molar-refractivity contribution < 1.29 is 13.2 Å². The van der Waals surface area contributed by atoms with Gasteiger partial charge in [0.2, 0.25) is 0 Å². The molecule has 0 atom stereocenters. The van der Waals surface area contributed by atoms with Gasteiger partial charge in [-0.25, -0.2) is 18.1 Å². The molecule has 26 heavy (non-hydrogen) atoms. The minimum Gasteiger partial charge on any atom is -0.493 e. The van der Waals surface area contributed by atoms with E-state index in [0.717, 1.165) is 0 Å². The average molecular weight is 393 g/mol. The fourth-order valence-corrected chi connectivity index (χ4v) is 3.88. The fourth-order valence-electron chi connectivity index (χ4n) is 2.49. The molecule has 3 rings (SSSR count). The number of methoxy groups -OCH3 is 1. The maximum absolute atomic E-state index is 12.8. The molecule has 2 heterocycles. The van der Waals surface area contributed by atoms with Crippen LogP contribution in [0.4, 0.5) is 5.82 Å². The van der Waals surface area contributed by atoms with Crippen molar-refractivity contribution in [3.05, 3.63) is 59.0 Å². The minimum absolute atomic E-state index is 0.0304. The first-order chi connectivity index (χ1) is 12.3. The lowest BCUT2D eigenvalue weighted by Gasteiger charge is -2.12. The predicted octanol–water partition coefficient (Wildman–Crippen LogP) is 3.35. The van der Waals surface area contributed by atoms with Crippen molar-refractivity contribution in [3.63, 3.8) is 0 Å². The lowest BCUT2D eigenvalue weighted by molar-refractivity contribution is 0.415. The van der Waals surface area contributed by atoms with Gasteiger partial charge in [-0.3, -0.25) is 4.72 Å². The highest BCUT2D eigenvalue weighted by Gasteiger charge is 2.24. The predicted molar refractivity (Wildman–Crippen MR) is 99.6 cm³/mol. The molecule has 0 saturated heterocycles. The Bertz CT molecular complexity index is 1060. The summed E-state index contributed by atoms with van der Waals surface area (Å²) in [7, 11) is -2.46. The number of sulfonamides is 1. The van der Waals surface area contributed by atoms with Gasteiger partial charge in [-0.2, -0.15) is 5.10 Å². The number of nitrogens with one attached hydrogen (secondary N) is 1. The largest absolute Gasteiger partial charge is 0.493 e. The molecule has 9 heteroatoms. The van der Waals surface area contributed by atoms with Crippen LogP contribution in [-0.2, 0) is 10.0 Å². The number of hydrogen-bond donors (Lipinski definition) is 1. The number of para-hydroxylation sites is 1. The molecule has 0 aliphatic heterocycles. The highest BCUT2D eigenvalue weighted by molar-refractivity contribution is 7.92. The van der Waals surface area contributed by atoms with Crippen LogP contribution in [-0.4, -0.2) is 30.3 Å². The van der Waals surface area contributed by atoms with E-state index in [4.69, 9.17) is 16.3 Å². The molecule has 0 bridgehead atoms. The summed E-state index contributed by atoms with van der Waals surface area (Å²) in [4.78, 5) is 4.23. The lowest BCUT2D eigenvalue weighted by atomic mass is 10.3. The molecule has 0 aliphatic rings. The lowest BCUT2D eigenvalue weighted by Crippen LogP contribution is -2.16. The molecule has 1 N–H and O–H groups in total. The quantitative estimate of drug-likeness (QED) is 0.719. The van der Waals surface area contributed by atoms with Gasteiger partial charge in [0.05, 0.1) is 29.7 Å². The Labute approximate surface area is 156 Å². The van der Waals surface area contributed by atoms with E-state index in [9.17, 15) is 8.42 Å². The van der Waals surface area contributed by atoms with E-state index in [1.807, 2.05) is 0 Å². The Morgan fingerprint density at radius 3 is 2.58 bits per heavy atom. The molecule has 0 radical (unpaired) electrons. The Kier molecular flexibility index (Phi) is 4.88. The Morgan fingerprint density at radius 2 is 1.88 bits per heavy atom. The van der Waals surface area contributed by atoms with Crippen LogP contribution in [0.1, 0.15) is 11.4 Å². The van der Waals surface area contributed by atoms with Crippen LogP contribution in [0.15, 0.2) is 47.5 Å². The normalized spacial score (nSPS) is 11.4. The van der Waals surface area contributed by atoms with Crippen LogP contribution >= 0.6 is 11.6 Å². The summed E-state index contributed by atoms with van der Waals surface area (Å²) in [6.07, 6.45) is 1.28. The molecule has 7 nitrogen and oxygen atoms in total. The number of aryl methyl sites for hydroxylation is 1. The number of benzene rings is 1. The number of halogens is 1. The average Bonchev–Trinajstić information content (AvgIpc) is 2.97. The molecule has 0 amide bonds. The van der Waals surface area contributed by atoms with Gasteiger partial charge in [-0.05, 0) is 38.1 Å². The van der Waals surface area contributed by atoms with Crippen LogP contribution in [0.25, 0.3) is 5.69 Å². The zero-order chi connectivity index (χ0) is 18.9. The summed E-state index contributed by atoms with van der Waals surface area (Å²) in [5.74, 6) is 0.452. The van der Waals surface area contributed by atoms with Crippen molar-refractivity contribution in [3.8, 4) is 11.4 Å². The van der Waals surface area contributed by atoms with Crippen molar-refractivity contribution in [1.29, 1.82) is 0 Å². The van der Waals surface area contributed by atoms with Gasteiger partial charge in [-0.1, -0.05) is 23.7 Å². The number of aromatic nitrogens is 3. The van der Waals surface area contributed by atoms with Crippen LogP contribution in [0.3, 0.4) is 0 Å². The highest BCUT2D eigenvalue weighted by Crippen LogP contribution is 2.28. The second kappa shape index (κ2) is 6.97. The first-order valence-electron chi connectivity index (χ1n) is 7.67. The van der Waals surface area contributed by atoms with Gasteiger partial charge in [0, 0.05) is 5.69 Å². The molecule has 3 aromatic rings. The number of pyridine rings is 1. The molecular weight excluding hydrogens is 376 g/mol. The van der Waals surface area contributed by atoms with Crippen molar-refractivity contribution >= 4 is 27.4 Å². The first kappa shape index (κ1) is 18.2. The van der Waals surface area contributed by atoms with Gasteiger partial charge >= 0.3 is 0 Å². The number of anilines is 1. The van der Waals surface area contributed by atoms with Gasteiger partial charge in [0.1, 0.15) is 4.90 Å². The maximum Gasteiger partial charge on any atom is 0.266 e. The maximum atomic E-state index is 12.8. The van der Waals surface area contributed by atoms with E-state index in [2.05, 4.69) is 14.8 Å². The van der Waals surface area contributed by atoms with Gasteiger partial charge < -0.3 is 4.74 Å². The molecule has 136 valence electrons. The topological polar surface area (TPSA) is 86.1 Å². The third-order valence-electron chi connectivity index (χ3n) is 3.78. The first-order valence-corrected chi connectivity index (χ1v) is 9.53. The van der Waals surface area contributed by atoms with Crippen LogP contribution in [0, 0.1) is 13.8 Å². The molecular formula is C17H17ClN4O3S. The zero-order valence-corrected chi connectivity index (χ0v) is 16.0. The van der Waals surface area contributed by atoms with Crippen molar-refractivity contribution in [1.82, 2.24) is 14.8 Å². The molecule has 0 aliphatic carbocycles. The van der Waals surface area contributed by atoms with E-state index < -0.39 is 10.0 Å². The van der Waals surface area contributed by atoms with Crippen molar-refractivity contribution in [2.45, 2.75) is 18.7 Å². The van der Waals surface area contributed by atoms with Crippen LogP contribution in [0.2, 0.25) is 5.02 Å². The highest BCUT2D eigenvalue weighted by atomic mass is 35.5. The van der Waals surface area contributed by atoms with Crippen molar-refractivity contribution in [2.75, 3.05) is 11.8 Å². The standard InChI is InChI=1S/C17H17ClN4O3S/c1-11-8-9-15(25-3)17(20-11)21-26(23,24)16-10-19-22(12(16)2)14-7-5-4-6-13(14)18/h4-10H,1-3H3,(H,20,21). The third-order valence-corrected chi connectivity index (χ3v) is 5.54. The SMILES string of the molecule is COc1ccc(C)nc1NS(=O)(=O)c1cnn(-c2ccccc2Cl)c1C. The molecule has 2 aromatic heterocycles. The van der Waals surface area contributed by atoms with Crippen LogP contribution < -0.4 is 9.46 Å². The molecule has 0 saturated carbocycles. The fraction of sp³-hybridized carbons (Fsp3) is 0.176. The van der Waals surface area contributed by atoms with E-state index >= 15 is 0 Å². The van der Waals surface area contributed by atoms with Gasteiger partial charge in [0.15, 0.2) is 11.6 Å². The number of rotatable bonds is 5. The summed E-state index contributed by atoms with van der Waals surface area (Å²) in [5, 5.41) is 4.65. The number of ether oxygens (including phenoxy) is 1. The van der Waals surface area contributed by atoms with Crippen LogP contribution in [0.5, 0.6) is 5.75 Å². The third kappa shape index (κ3) is 3.38. The van der Waals surface area contributed by atoms with Crippen molar-refractivity contribution in [2.24, 2.45) is 0 Å².